The maximum atomic E-state index is 11.1. The van der Waals surface area contributed by atoms with Crippen LogP contribution < -0.4 is 0 Å². The normalized spacial score (nSPS) is 21.9. The van der Waals surface area contributed by atoms with Gasteiger partial charge in [-0.3, -0.25) is 9.69 Å². The minimum absolute atomic E-state index is 0.268. The molecule has 3 heteroatoms. The molecule has 0 spiro atoms. The lowest BCUT2D eigenvalue weighted by atomic mass is 10.0. The molecule has 2 unspecified atom stereocenters. The lowest BCUT2D eigenvalue weighted by molar-refractivity contribution is -0.142. The summed E-state index contributed by atoms with van der Waals surface area (Å²) in [6.45, 7) is 3.07. The molecule has 2 rings (SSSR count). The number of carboxylic acid groups (broad SMARTS) is 1. The number of likely N-dealkylation sites (tertiary alicyclic amines) is 1. The molecule has 1 heterocycles. The molecule has 0 aromatic heterocycles. The molecule has 1 aromatic rings. The first-order valence-corrected chi connectivity index (χ1v) is 6.71. The molecule has 1 fully saturated rings. The highest BCUT2D eigenvalue weighted by atomic mass is 16.4. The van der Waals surface area contributed by atoms with Gasteiger partial charge in [-0.1, -0.05) is 30.3 Å². The van der Waals surface area contributed by atoms with Crippen LogP contribution in [-0.2, 0) is 11.2 Å². The smallest absolute Gasteiger partial charge is 0.320 e. The minimum Gasteiger partial charge on any atom is -0.480 e. The Bertz CT molecular complexity index is 391. The van der Waals surface area contributed by atoms with Crippen LogP contribution in [0.4, 0.5) is 0 Å². The van der Waals surface area contributed by atoms with Crippen LogP contribution in [0, 0.1) is 0 Å². The largest absolute Gasteiger partial charge is 0.480 e. The van der Waals surface area contributed by atoms with Crippen molar-refractivity contribution in [3.05, 3.63) is 35.9 Å². The van der Waals surface area contributed by atoms with E-state index in [1.807, 2.05) is 6.07 Å². The van der Waals surface area contributed by atoms with E-state index in [4.69, 9.17) is 0 Å². The third-order valence-corrected chi connectivity index (χ3v) is 3.84. The monoisotopic (exact) mass is 247 g/mol. The average Bonchev–Trinajstić information content (AvgIpc) is 2.86. The van der Waals surface area contributed by atoms with Gasteiger partial charge in [0.2, 0.25) is 0 Å². The SMILES string of the molecule is CC(CCc1ccccc1)N1CCCC1C(=O)O. The molecule has 3 nitrogen and oxygen atoms in total. The molecule has 18 heavy (non-hydrogen) atoms. The molecule has 1 saturated heterocycles. The van der Waals surface area contributed by atoms with Gasteiger partial charge in [-0.2, -0.15) is 0 Å². The molecular formula is C15H21NO2. The molecule has 0 amide bonds. The van der Waals surface area contributed by atoms with Crippen molar-refractivity contribution in [1.82, 2.24) is 4.90 Å². The number of hydrogen-bond acceptors (Lipinski definition) is 2. The summed E-state index contributed by atoms with van der Waals surface area (Å²) in [5, 5.41) is 9.18. The first kappa shape index (κ1) is 13.1. The molecule has 0 aliphatic carbocycles. The first-order valence-electron chi connectivity index (χ1n) is 6.71. The van der Waals surface area contributed by atoms with E-state index in [1.54, 1.807) is 0 Å². The molecular weight excluding hydrogens is 226 g/mol. The lowest BCUT2D eigenvalue weighted by Gasteiger charge is -2.28. The Morgan fingerprint density at radius 3 is 2.83 bits per heavy atom. The van der Waals surface area contributed by atoms with E-state index in [9.17, 15) is 9.90 Å². The van der Waals surface area contributed by atoms with Gasteiger partial charge >= 0.3 is 5.97 Å². The highest BCUT2D eigenvalue weighted by Crippen LogP contribution is 2.22. The Morgan fingerprint density at radius 2 is 2.17 bits per heavy atom. The summed E-state index contributed by atoms with van der Waals surface area (Å²) < 4.78 is 0. The van der Waals surface area contributed by atoms with E-state index < -0.39 is 5.97 Å². The molecule has 1 aliphatic rings. The van der Waals surface area contributed by atoms with E-state index in [1.165, 1.54) is 5.56 Å². The number of aryl methyl sites for hydroxylation is 1. The van der Waals surface area contributed by atoms with Gasteiger partial charge in [0.25, 0.3) is 0 Å². The second-order valence-corrected chi connectivity index (χ2v) is 5.11. The third-order valence-electron chi connectivity index (χ3n) is 3.84. The third kappa shape index (κ3) is 3.10. The fourth-order valence-corrected chi connectivity index (χ4v) is 2.77. The highest BCUT2D eigenvalue weighted by Gasteiger charge is 2.33. The second kappa shape index (κ2) is 6.01. The van der Waals surface area contributed by atoms with Crippen molar-refractivity contribution >= 4 is 5.97 Å². The van der Waals surface area contributed by atoms with Gasteiger partial charge in [-0.25, -0.2) is 0 Å². The van der Waals surface area contributed by atoms with Crippen molar-refractivity contribution in [2.75, 3.05) is 6.54 Å². The predicted octanol–water partition coefficient (Wildman–Crippen LogP) is 2.56. The predicted molar refractivity (Wildman–Crippen MR) is 71.6 cm³/mol. The molecule has 1 N–H and O–H groups in total. The number of nitrogens with zero attached hydrogens (tertiary/aromatic N) is 1. The van der Waals surface area contributed by atoms with Gasteiger partial charge < -0.3 is 5.11 Å². The van der Waals surface area contributed by atoms with Gasteiger partial charge in [0.1, 0.15) is 6.04 Å². The quantitative estimate of drug-likeness (QED) is 0.869. The second-order valence-electron chi connectivity index (χ2n) is 5.11. The van der Waals surface area contributed by atoms with Crippen molar-refractivity contribution < 1.29 is 9.90 Å². The van der Waals surface area contributed by atoms with E-state index in [0.717, 1.165) is 32.2 Å². The van der Waals surface area contributed by atoms with Crippen molar-refractivity contribution in [2.45, 2.75) is 44.7 Å². The Morgan fingerprint density at radius 1 is 1.44 bits per heavy atom. The molecule has 98 valence electrons. The Hall–Kier alpha value is -1.35. The molecule has 1 aliphatic heterocycles. The number of rotatable bonds is 5. The van der Waals surface area contributed by atoms with Crippen LogP contribution in [0.1, 0.15) is 31.7 Å². The van der Waals surface area contributed by atoms with Gasteiger partial charge in [-0.05, 0) is 44.7 Å². The van der Waals surface area contributed by atoms with Crippen molar-refractivity contribution in [3.63, 3.8) is 0 Å². The maximum absolute atomic E-state index is 11.1. The molecule has 2 atom stereocenters. The summed E-state index contributed by atoms with van der Waals surface area (Å²) in [6.07, 6.45) is 3.84. The average molecular weight is 247 g/mol. The standard InChI is InChI=1S/C15H21NO2/c1-12(9-10-13-6-3-2-4-7-13)16-11-5-8-14(16)15(17)18/h2-4,6-7,12,14H,5,8-11H2,1H3,(H,17,18). The summed E-state index contributed by atoms with van der Waals surface area (Å²) in [7, 11) is 0. The Balaban J connectivity index is 1.88. The van der Waals surface area contributed by atoms with Crippen LogP contribution in [0.2, 0.25) is 0 Å². The zero-order valence-electron chi connectivity index (χ0n) is 10.9. The number of carboxylic acids is 1. The van der Waals surface area contributed by atoms with Gasteiger partial charge in [-0.15, -0.1) is 0 Å². The van der Waals surface area contributed by atoms with Gasteiger partial charge in [0, 0.05) is 6.04 Å². The van der Waals surface area contributed by atoms with Crippen LogP contribution in [0.25, 0.3) is 0 Å². The molecule has 0 radical (unpaired) electrons. The number of benzene rings is 1. The highest BCUT2D eigenvalue weighted by molar-refractivity contribution is 5.73. The van der Waals surface area contributed by atoms with Crippen LogP contribution in [0.15, 0.2) is 30.3 Å². The topological polar surface area (TPSA) is 40.5 Å². The van der Waals surface area contributed by atoms with Gasteiger partial charge in [0.15, 0.2) is 0 Å². The zero-order chi connectivity index (χ0) is 13.0. The van der Waals surface area contributed by atoms with Crippen LogP contribution >= 0.6 is 0 Å². The van der Waals surface area contributed by atoms with E-state index >= 15 is 0 Å². The number of carbonyl (C=O) groups is 1. The Labute approximate surface area is 108 Å². The lowest BCUT2D eigenvalue weighted by Crippen LogP contribution is -2.42. The molecule has 0 saturated carbocycles. The first-order chi connectivity index (χ1) is 8.68. The van der Waals surface area contributed by atoms with Crippen molar-refractivity contribution in [3.8, 4) is 0 Å². The Kier molecular flexibility index (Phi) is 4.37. The van der Waals surface area contributed by atoms with Crippen LogP contribution in [-0.4, -0.2) is 34.6 Å². The fourth-order valence-electron chi connectivity index (χ4n) is 2.77. The van der Waals surface area contributed by atoms with E-state index in [0.29, 0.717) is 6.04 Å². The maximum Gasteiger partial charge on any atom is 0.320 e. The zero-order valence-corrected chi connectivity index (χ0v) is 10.9. The molecule has 1 aromatic carbocycles. The van der Waals surface area contributed by atoms with Crippen molar-refractivity contribution in [1.29, 1.82) is 0 Å². The summed E-state index contributed by atoms with van der Waals surface area (Å²) >= 11 is 0. The van der Waals surface area contributed by atoms with Crippen LogP contribution in [0.5, 0.6) is 0 Å². The number of aliphatic carboxylic acids is 1. The van der Waals surface area contributed by atoms with Gasteiger partial charge in [0.05, 0.1) is 0 Å². The summed E-state index contributed by atoms with van der Waals surface area (Å²) in [6, 6.07) is 10.5. The van der Waals surface area contributed by atoms with Crippen LogP contribution in [0.3, 0.4) is 0 Å². The van der Waals surface area contributed by atoms with E-state index in [2.05, 4.69) is 36.1 Å². The minimum atomic E-state index is -0.668. The van der Waals surface area contributed by atoms with Crippen molar-refractivity contribution in [2.24, 2.45) is 0 Å². The summed E-state index contributed by atoms with van der Waals surface area (Å²) in [4.78, 5) is 13.3. The summed E-state index contributed by atoms with van der Waals surface area (Å²) in [5.74, 6) is -0.668. The van der Waals surface area contributed by atoms with E-state index in [-0.39, 0.29) is 6.04 Å². The molecule has 0 bridgehead atoms. The number of hydrogen-bond donors (Lipinski definition) is 1. The summed E-state index contributed by atoms with van der Waals surface area (Å²) in [5.41, 5.74) is 1.33. The fraction of sp³-hybridized carbons (Fsp3) is 0.533.